The first-order valence-electron chi connectivity index (χ1n) is 7.70. The molecule has 0 aliphatic heterocycles. The number of nitrogens with one attached hydrogen (secondary N) is 1. The van der Waals surface area contributed by atoms with Gasteiger partial charge in [0.2, 0.25) is 0 Å². The minimum Gasteiger partial charge on any atom is -0.497 e. The SMILES string of the molecule is CCn1nc(-c2ccc(OC)cc2)cc(CNC2CC2)c1=O. The van der Waals surface area contributed by atoms with Gasteiger partial charge in [-0.05, 0) is 50.1 Å². The van der Waals surface area contributed by atoms with Gasteiger partial charge < -0.3 is 10.1 Å². The van der Waals surface area contributed by atoms with Crippen LogP contribution < -0.4 is 15.6 Å². The number of nitrogens with zero attached hydrogens (tertiary/aromatic N) is 2. The standard InChI is InChI=1S/C17H21N3O2/c1-3-20-17(21)13(11-18-14-6-7-14)10-16(19-20)12-4-8-15(22-2)9-5-12/h4-5,8-10,14,18H,3,6-7,11H2,1-2H3. The van der Waals surface area contributed by atoms with E-state index < -0.39 is 0 Å². The number of rotatable bonds is 6. The number of hydrogen-bond donors (Lipinski definition) is 1. The van der Waals surface area contributed by atoms with Crippen LogP contribution in [0.5, 0.6) is 5.75 Å². The zero-order valence-electron chi connectivity index (χ0n) is 13.0. The summed E-state index contributed by atoms with van der Waals surface area (Å²) in [5, 5.41) is 7.86. The molecule has 1 fully saturated rings. The van der Waals surface area contributed by atoms with Crippen LogP contribution in [0.1, 0.15) is 25.3 Å². The average Bonchev–Trinajstić information content (AvgIpc) is 3.38. The molecule has 0 atom stereocenters. The molecule has 5 nitrogen and oxygen atoms in total. The summed E-state index contributed by atoms with van der Waals surface area (Å²) in [6, 6.07) is 10.2. The van der Waals surface area contributed by atoms with Crippen LogP contribution in [-0.2, 0) is 13.1 Å². The summed E-state index contributed by atoms with van der Waals surface area (Å²) >= 11 is 0. The number of ether oxygens (including phenoxy) is 1. The van der Waals surface area contributed by atoms with Gasteiger partial charge in [-0.1, -0.05) is 0 Å². The van der Waals surface area contributed by atoms with Gasteiger partial charge in [-0.25, -0.2) is 4.68 Å². The summed E-state index contributed by atoms with van der Waals surface area (Å²) in [5.74, 6) is 0.809. The quantitative estimate of drug-likeness (QED) is 0.888. The molecule has 1 aromatic heterocycles. The normalized spacial score (nSPS) is 14.1. The van der Waals surface area contributed by atoms with E-state index >= 15 is 0 Å². The Morgan fingerprint density at radius 2 is 2.05 bits per heavy atom. The number of methoxy groups -OCH3 is 1. The molecule has 1 saturated carbocycles. The molecular formula is C17H21N3O2. The van der Waals surface area contributed by atoms with Crippen LogP contribution in [0.2, 0.25) is 0 Å². The van der Waals surface area contributed by atoms with Crippen LogP contribution in [0.15, 0.2) is 35.1 Å². The molecular weight excluding hydrogens is 278 g/mol. The number of aromatic nitrogens is 2. The maximum atomic E-state index is 12.4. The van der Waals surface area contributed by atoms with Crippen molar-refractivity contribution in [2.24, 2.45) is 0 Å². The minimum atomic E-state index is -0.00656. The van der Waals surface area contributed by atoms with Crippen molar-refractivity contribution < 1.29 is 4.74 Å². The summed E-state index contributed by atoms with van der Waals surface area (Å²) < 4.78 is 6.71. The van der Waals surface area contributed by atoms with E-state index in [9.17, 15) is 4.79 Å². The Balaban J connectivity index is 1.94. The maximum absolute atomic E-state index is 12.4. The van der Waals surface area contributed by atoms with Crippen molar-refractivity contribution in [2.45, 2.75) is 38.9 Å². The van der Waals surface area contributed by atoms with Gasteiger partial charge in [0, 0.05) is 30.3 Å². The van der Waals surface area contributed by atoms with Gasteiger partial charge in [-0.3, -0.25) is 4.79 Å². The van der Waals surface area contributed by atoms with Gasteiger partial charge in [0.1, 0.15) is 5.75 Å². The lowest BCUT2D eigenvalue weighted by Gasteiger charge is -2.10. The molecule has 1 aliphatic carbocycles. The van der Waals surface area contributed by atoms with Gasteiger partial charge in [0.05, 0.1) is 12.8 Å². The van der Waals surface area contributed by atoms with Gasteiger partial charge in [-0.15, -0.1) is 0 Å². The van der Waals surface area contributed by atoms with Crippen molar-refractivity contribution in [3.8, 4) is 17.0 Å². The van der Waals surface area contributed by atoms with E-state index in [0.29, 0.717) is 19.1 Å². The topological polar surface area (TPSA) is 56.1 Å². The fraction of sp³-hybridized carbons (Fsp3) is 0.412. The second-order valence-corrected chi connectivity index (χ2v) is 5.56. The van der Waals surface area contributed by atoms with Crippen LogP contribution in [0, 0.1) is 0 Å². The van der Waals surface area contributed by atoms with Crippen molar-refractivity contribution >= 4 is 0 Å². The number of hydrogen-bond acceptors (Lipinski definition) is 4. The van der Waals surface area contributed by atoms with Crippen LogP contribution in [0.3, 0.4) is 0 Å². The van der Waals surface area contributed by atoms with Crippen molar-refractivity contribution in [1.82, 2.24) is 15.1 Å². The predicted octanol–water partition coefficient (Wildman–Crippen LogP) is 2.19. The predicted molar refractivity (Wildman–Crippen MR) is 86.0 cm³/mol. The van der Waals surface area contributed by atoms with Crippen LogP contribution in [0.4, 0.5) is 0 Å². The Morgan fingerprint density at radius 3 is 2.64 bits per heavy atom. The third-order valence-electron chi connectivity index (χ3n) is 3.89. The summed E-state index contributed by atoms with van der Waals surface area (Å²) in [6.07, 6.45) is 2.41. The average molecular weight is 299 g/mol. The molecule has 0 saturated heterocycles. The van der Waals surface area contributed by atoms with Crippen LogP contribution in [-0.4, -0.2) is 22.9 Å². The molecule has 0 radical (unpaired) electrons. The monoisotopic (exact) mass is 299 g/mol. The van der Waals surface area contributed by atoms with Crippen molar-refractivity contribution in [3.63, 3.8) is 0 Å². The fourth-order valence-corrected chi connectivity index (χ4v) is 2.38. The maximum Gasteiger partial charge on any atom is 0.271 e. The van der Waals surface area contributed by atoms with E-state index in [1.807, 2.05) is 37.3 Å². The smallest absolute Gasteiger partial charge is 0.271 e. The van der Waals surface area contributed by atoms with E-state index in [0.717, 1.165) is 22.6 Å². The van der Waals surface area contributed by atoms with Crippen molar-refractivity contribution in [1.29, 1.82) is 0 Å². The van der Waals surface area contributed by atoms with Crippen molar-refractivity contribution in [3.05, 3.63) is 46.2 Å². The summed E-state index contributed by atoms with van der Waals surface area (Å²) in [4.78, 5) is 12.4. The molecule has 1 N–H and O–H groups in total. The number of benzene rings is 1. The Kier molecular flexibility index (Phi) is 4.24. The highest BCUT2D eigenvalue weighted by Gasteiger charge is 2.21. The molecule has 0 amide bonds. The molecule has 116 valence electrons. The fourth-order valence-electron chi connectivity index (χ4n) is 2.38. The number of aryl methyl sites for hydroxylation is 1. The highest BCUT2D eigenvalue weighted by molar-refractivity contribution is 5.60. The molecule has 1 aromatic carbocycles. The van der Waals surface area contributed by atoms with Gasteiger partial charge >= 0.3 is 0 Å². The molecule has 22 heavy (non-hydrogen) atoms. The Labute approximate surface area is 129 Å². The third kappa shape index (κ3) is 3.20. The third-order valence-corrected chi connectivity index (χ3v) is 3.89. The zero-order valence-corrected chi connectivity index (χ0v) is 13.0. The second kappa shape index (κ2) is 6.32. The molecule has 5 heteroatoms. The highest BCUT2D eigenvalue weighted by atomic mass is 16.5. The zero-order chi connectivity index (χ0) is 15.5. The van der Waals surface area contributed by atoms with Gasteiger partial charge in [0.15, 0.2) is 0 Å². The molecule has 2 aromatic rings. The van der Waals surface area contributed by atoms with E-state index in [4.69, 9.17) is 4.74 Å². The summed E-state index contributed by atoms with van der Waals surface area (Å²) in [7, 11) is 1.65. The van der Waals surface area contributed by atoms with Crippen LogP contribution in [0.25, 0.3) is 11.3 Å². The summed E-state index contributed by atoms with van der Waals surface area (Å²) in [5.41, 5.74) is 2.56. The first-order valence-corrected chi connectivity index (χ1v) is 7.70. The Morgan fingerprint density at radius 1 is 1.32 bits per heavy atom. The van der Waals surface area contributed by atoms with Crippen LogP contribution >= 0.6 is 0 Å². The minimum absolute atomic E-state index is 0.00656. The van der Waals surface area contributed by atoms with E-state index in [2.05, 4.69) is 10.4 Å². The first kappa shape index (κ1) is 14.8. The second-order valence-electron chi connectivity index (χ2n) is 5.56. The molecule has 1 aliphatic rings. The van der Waals surface area contributed by atoms with E-state index in [-0.39, 0.29) is 5.56 Å². The lowest BCUT2D eigenvalue weighted by atomic mass is 10.1. The molecule has 0 spiro atoms. The Bertz CT molecular complexity index is 703. The van der Waals surface area contributed by atoms with E-state index in [1.165, 1.54) is 17.5 Å². The van der Waals surface area contributed by atoms with Gasteiger partial charge in [0.25, 0.3) is 5.56 Å². The molecule has 0 bridgehead atoms. The lowest BCUT2D eigenvalue weighted by Crippen LogP contribution is -2.29. The highest BCUT2D eigenvalue weighted by Crippen LogP contribution is 2.22. The van der Waals surface area contributed by atoms with Crippen molar-refractivity contribution in [2.75, 3.05) is 7.11 Å². The molecule has 3 rings (SSSR count). The lowest BCUT2D eigenvalue weighted by molar-refractivity contribution is 0.415. The summed E-state index contributed by atoms with van der Waals surface area (Å²) in [6.45, 7) is 3.11. The Hall–Kier alpha value is -2.14. The molecule has 0 unspecified atom stereocenters. The first-order chi connectivity index (χ1) is 10.7. The van der Waals surface area contributed by atoms with Gasteiger partial charge in [-0.2, -0.15) is 5.10 Å². The molecule has 1 heterocycles. The van der Waals surface area contributed by atoms with E-state index in [1.54, 1.807) is 7.11 Å². The largest absolute Gasteiger partial charge is 0.497 e.